The molecule has 0 spiro atoms. The molecule has 0 radical (unpaired) electrons. The van der Waals surface area contributed by atoms with Crippen molar-refractivity contribution in [1.29, 1.82) is 0 Å². The molecule has 0 bridgehead atoms. The third-order valence-corrected chi connectivity index (χ3v) is 4.25. The standard InChI is InChI=1S/C13H6BrCl2FN2S/c14-6-1-2-11(8(16)3-6)19-12-4-7(15)9(17)5-10(12)18-13(19)20/h1-5H,(H,18,20). The number of aromatic amines is 1. The quantitative estimate of drug-likeness (QED) is 0.512. The van der Waals surface area contributed by atoms with Gasteiger partial charge >= 0.3 is 0 Å². The number of hydrogen-bond acceptors (Lipinski definition) is 1. The lowest BCUT2D eigenvalue weighted by molar-refractivity contribution is 0.630. The molecule has 0 amide bonds. The van der Waals surface area contributed by atoms with Crippen molar-refractivity contribution < 1.29 is 4.39 Å². The van der Waals surface area contributed by atoms with E-state index in [0.717, 1.165) is 4.47 Å². The second-order valence-electron chi connectivity index (χ2n) is 4.14. The van der Waals surface area contributed by atoms with E-state index in [1.165, 1.54) is 12.1 Å². The molecule has 7 heteroatoms. The third kappa shape index (κ3) is 2.29. The van der Waals surface area contributed by atoms with Crippen LogP contribution in [0.3, 0.4) is 0 Å². The van der Waals surface area contributed by atoms with Gasteiger partial charge in [-0.1, -0.05) is 39.1 Å². The van der Waals surface area contributed by atoms with E-state index in [9.17, 15) is 4.39 Å². The Morgan fingerprint density at radius 2 is 1.90 bits per heavy atom. The van der Waals surface area contributed by atoms with Crippen molar-refractivity contribution in [1.82, 2.24) is 9.55 Å². The number of nitrogens with one attached hydrogen (secondary N) is 1. The van der Waals surface area contributed by atoms with Crippen molar-refractivity contribution in [2.45, 2.75) is 0 Å². The molecular weight excluding hydrogens is 386 g/mol. The van der Waals surface area contributed by atoms with E-state index in [-0.39, 0.29) is 5.02 Å². The summed E-state index contributed by atoms with van der Waals surface area (Å²) in [5, 5.41) is 0.560. The van der Waals surface area contributed by atoms with Crippen LogP contribution < -0.4 is 0 Å². The first kappa shape index (κ1) is 14.1. The normalized spacial score (nSPS) is 11.2. The average Bonchev–Trinajstić information content (AvgIpc) is 2.66. The number of fused-ring (bicyclic) bond motifs is 1. The van der Waals surface area contributed by atoms with Crippen molar-refractivity contribution in [3.05, 3.63) is 55.4 Å². The number of halogens is 4. The van der Waals surface area contributed by atoms with Crippen LogP contribution >= 0.6 is 51.3 Å². The first-order valence-electron chi connectivity index (χ1n) is 5.52. The van der Waals surface area contributed by atoms with E-state index in [0.29, 0.717) is 26.5 Å². The van der Waals surface area contributed by atoms with E-state index < -0.39 is 5.82 Å². The van der Waals surface area contributed by atoms with Crippen molar-refractivity contribution in [2.75, 3.05) is 0 Å². The van der Waals surface area contributed by atoms with Crippen LogP contribution in [0, 0.1) is 10.6 Å². The predicted molar refractivity (Wildman–Crippen MR) is 86.1 cm³/mol. The maximum Gasteiger partial charge on any atom is 0.182 e. The van der Waals surface area contributed by atoms with Gasteiger partial charge in [-0.05, 0) is 36.5 Å². The fraction of sp³-hybridized carbons (Fsp3) is 0. The molecule has 1 heterocycles. The third-order valence-electron chi connectivity index (χ3n) is 2.87. The summed E-state index contributed by atoms with van der Waals surface area (Å²) in [6, 6.07) is 8.29. The summed E-state index contributed by atoms with van der Waals surface area (Å²) in [5.41, 5.74) is 1.94. The second-order valence-corrected chi connectivity index (χ2v) is 6.26. The first-order valence-corrected chi connectivity index (χ1v) is 7.48. The van der Waals surface area contributed by atoms with Crippen LogP contribution in [-0.2, 0) is 0 Å². The molecule has 3 rings (SSSR count). The lowest BCUT2D eigenvalue weighted by atomic mass is 10.2. The van der Waals surface area contributed by atoms with Crippen molar-refractivity contribution in [3.8, 4) is 5.69 Å². The smallest absolute Gasteiger partial charge is 0.182 e. The molecule has 0 aliphatic rings. The topological polar surface area (TPSA) is 20.7 Å². The van der Waals surface area contributed by atoms with Crippen molar-refractivity contribution in [3.63, 3.8) is 0 Å². The Labute approximate surface area is 137 Å². The van der Waals surface area contributed by atoms with E-state index in [1.807, 2.05) is 12.1 Å². The monoisotopic (exact) mass is 390 g/mol. The highest BCUT2D eigenvalue weighted by Gasteiger charge is 2.12. The largest absolute Gasteiger partial charge is 0.330 e. The fourth-order valence-corrected chi connectivity index (χ4v) is 3.23. The summed E-state index contributed by atoms with van der Waals surface area (Å²) < 4.78 is 16.5. The molecule has 1 N–H and O–H groups in total. The molecule has 1 aromatic heterocycles. The molecule has 2 nitrogen and oxygen atoms in total. The average molecular weight is 392 g/mol. The van der Waals surface area contributed by atoms with Crippen LogP contribution in [0.4, 0.5) is 4.39 Å². The van der Waals surface area contributed by atoms with Crippen LogP contribution in [0.25, 0.3) is 16.7 Å². The molecule has 20 heavy (non-hydrogen) atoms. The minimum absolute atomic E-state index is 0.0356. The summed E-state index contributed by atoms with van der Waals surface area (Å²) in [7, 11) is 0. The molecule has 0 saturated carbocycles. The number of nitrogens with zero attached hydrogens (tertiary/aromatic N) is 1. The van der Waals surface area contributed by atoms with Gasteiger partial charge in [0.1, 0.15) is 5.82 Å². The highest BCUT2D eigenvalue weighted by atomic mass is 79.9. The molecule has 2 aromatic carbocycles. The van der Waals surface area contributed by atoms with Gasteiger partial charge < -0.3 is 4.98 Å². The van der Waals surface area contributed by atoms with Gasteiger partial charge in [-0.3, -0.25) is 4.57 Å². The number of aromatic nitrogens is 2. The zero-order valence-corrected chi connectivity index (χ0v) is 13.7. The molecular formula is C13H6BrCl2FN2S. The highest BCUT2D eigenvalue weighted by molar-refractivity contribution is 9.10. The summed E-state index contributed by atoms with van der Waals surface area (Å²) in [6.45, 7) is 0. The zero-order chi connectivity index (χ0) is 14.4. The summed E-state index contributed by atoms with van der Waals surface area (Å²) in [5.74, 6) is -0.496. The van der Waals surface area contributed by atoms with Gasteiger partial charge in [-0.15, -0.1) is 0 Å². The Bertz CT molecular complexity index is 888. The van der Waals surface area contributed by atoms with Gasteiger partial charge in [-0.25, -0.2) is 4.39 Å². The van der Waals surface area contributed by atoms with Crippen molar-refractivity contribution >= 4 is 62.4 Å². The minimum Gasteiger partial charge on any atom is -0.330 e. The SMILES string of the molecule is Fc1cc2[nH]c(=S)n(-c3ccc(Br)cc3Cl)c2cc1Cl. The van der Waals surface area contributed by atoms with Crippen LogP contribution in [0.5, 0.6) is 0 Å². The molecule has 0 atom stereocenters. The van der Waals surface area contributed by atoms with E-state index >= 15 is 0 Å². The van der Waals surface area contributed by atoms with Crippen LogP contribution in [0.2, 0.25) is 10.0 Å². The Kier molecular flexibility index (Phi) is 3.62. The predicted octanol–water partition coefficient (Wildman–Crippen LogP) is 5.90. The molecule has 102 valence electrons. The molecule has 0 fully saturated rings. The summed E-state index contributed by atoms with van der Waals surface area (Å²) in [6.07, 6.45) is 0. The molecule has 0 unspecified atom stereocenters. The molecule has 3 aromatic rings. The van der Waals surface area contributed by atoms with Crippen LogP contribution in [0.1, 0.15) is 0 Å². The molecule has 0 saturated heterocycles. The number of imidazole rings is 1. The maximum atomic E-state index is 13.5. The van der Waals surface area contributed by atoms with E-state index in [2.05, 4.69) is 20.9 Å². The summed E-state index contributed by atoms with van der Waals surface area (Å²) in [4.78, 5) is 2.94. The van der Waals surface area contributed by atoms with Gasteiger partial charge in [0.2, 0.25) is 0 Å². The fourth-order valence-electron chi connectivity index (χ4n) is 2.00. The Balaban J connectivity index is 2.39. The number of H-pyrrole nitrogens is 1. The Morgan fingerprint density at radius 1 is 1.15 bits per heavy atom. The number of rotatable bonds is 1. The Morgan fingerprint density at radius 3 is 2.60 bits per heavy atom. The van der Waals surface area contributed by atoms with Crippen LogP contribution in [-0.4, -0.2) is 9.55 Å². The van der Waals surface area contributed by atoms with Gasteiger partial charge in [0.05, 0.1) is 26.8 Å². The van der Waals surface area contributed by atoms with Gasteiger partial charge in [0.15, 0.2) is 4.77 Å². The molecule has 0 aliphatic carbocycles. The second kappa shape index (κ2) is 5.15. The van der Waals surface area contributed by atoms with E-state index in [1.54, 1.807) is 10.6 Å². The van der Waals surface area contributed by atoms with Gasteiger partial charge in [0, 0.05) is 10.5 Å². The van der Waals surface area contributed by atoms with Crippen molar-refractivity contribution in [2.24, 2.45) is 0 Å². The molecule has 0 aliphatic heterocycles. The minimum atomic E-state index is -0.496. The van der Waals surface area contributed by atoms with E-state index in [4.69, 9.17) is 35.4 Å². The van der Waals surface area contributed by atoms with Crippen LogP contribution in [0.15, 0.2) is 34.8 Å². The lowest BCUT2D eigenvalue weighted by Crippen LogP contribution is -1.95. The number of hydrogen-bond donors (Lipinski definition) is 1. The lowest BCUT2D eigenvalue weighted by Gasteiger charge is -2.07. The number of benzene rings is 2. The first-order chi connectivity index (χ1) is 9.47. The Hall–Kier alpha value is -0.880. The zero-order valence-electron chi connectivity index (χ0n) is 9.75. The summed E-state index contributed by atoms with van der Waals surface area (Å²) >= 11 is 20.7. The van der Waals surface area contributed by atoms with Gasteiger partial charge in [-0.2, -0.15) is 0 Å². The maximum absolute atomic E-state index is 13.5. The van der Waals surface area contributed by atoms with Gasteiger partial charge in [0.25, 0.3) is 0 Å². The highest BCUT2D eigenvalue weighted by Crippen LogP contribution is 2.30.